The van der Waals surface area contributed by atoms with Crippen LogP contribution < -0.4 is 0 Å². The summed E-state index contributed by atoms with van der Waals surface area (Å²) >= 11 is 0. The van der Waals surface area contributed by atoms with Crippen molar-refractivity contribution in [1.82, 2.24) is 4.57 Å². The Morgan fingerprint density at radius 3 is 2.28 bits per heavy atom. The first-order chi connectivity index (χ1) is 8.66. The summed E-state index contributed by atoms with van der Waals surface area (Å²) < 4.78 is 2.30. The van der Waals surface area contributed by atoms with Crippen LogP contribution in [0.2, 0.25) is 0 Å². The molecule has 1 aromatic carbocycles. The van der Waals surface area contributed by atoms with Gasteiger partial charge in [-0.05, 0) is 50.1 Å². The molecule has 0 aliphatic carbocycles. The van der Waals surface area contributed by atoms with Crippen LogP contribution in [-0.2, 0) is 0 Å². The summed E-state index contributed by atoms with van der Waals surface area (Å²) in [6.45, 7) is 10.3. The molecule has 1 nitrogen and oxygen atoms in total. The Balaban J connectivity index is 2.69. The van der Waals surface area contributed by atoms with Crippen molar-refractivity contribution in [3.8, 4) is 5.69 Å². The van der Waals surface area contributed by atoms with Gasteiger partial charge in [-0.2, -0.15) is 0 Å². The maximum absolute atomic E-state index is 3.74. The molecule has 0 unspecified atom stereocenters. The molecule has 0 spiro atoms. The smallest absolute Gasteiger partial charge is 0.0490 e. The quantitative estimate of drug-likeness (QED) is 0.687. The van der Waals surface area contributed by atoms with Gasteiger partial charge >= 0.3 is 0 Å². The Morgan fingerprint density at radius 2 is 1.67 bits per heavy atom. The molecule has 2 rings (SSSR count). The van der Waals surface area contributed by atoms with E-state index in [1.54, 1.807) is 0 Å². The topological polar surface area (TPSA) is 4.93 Å². The minimum absolute atomic E-state index is 1.20. The molecule has 1 heterocycles. The van der Waals surface area contributed by atoms with Crippen molar-refractivity contribution in [2.75, 3.05) is 0 Å². The fourth-order valence-corrected chi connectivity index (χ4v) is 2.25. The molecule has 0 saturated carbocycles. The normalized spacial score (nSPS) is 11.1. The van der Waals surface area contributed by atoms with E-state index in [1.807, 2.05) is 18.2 Å². The van der Waals surface area contributed by atoms with E-state index >= 15 is 0 Å². The van der Waals surface area contributed by atoms with E-state index < -0.39 is 0 Å². The van der Waals surface area contributed by atoms with E-state index in [4.69, 9.17) is 0 Å². The third kappa shape index (κ3) is 2.04. The van der Waals surface area contributed by atoms with Crippen molar-refractivity contribution >= 4 is 6.08 Å². The summed E-state index contributed by atoms with van der Waals surface area (Å²) in [6.07, 6.45) is 5.92. The highest BCUT2D eigenvalue weighted by Crippen LogP contribution is 2.26. The van der Waals surface area contributed by atoms with Crippen LogP contribution in [-0.4, -0.2) is 4.57 Å². The molecular formula is C17H19N. The second-order valence-electron chi connectivity index (χ2n) is 4.49. The summed E-state index contributed by atoms with van der Waals surface area (Å²) in [7, 11) is 0. The third-order valence-corrected chi connectivity index (χ3v) is 3.47. The average Bonchev–Trinajstić information content (AvgIpc) is 2.62. The number of para-hydroxylation sites is 1. The molecular weight excluding hydrogens is 218 g/mol. The van der Waals surface area contributed by atoms with E-state index in [-0.39, 0.29) is 0 Å². The van der Waals surface area contributed by atoms with Crippen LogP contribution in [0.3, 0.4) is 0 Å². The van der Waals surface area contributed by atoms with Gasteiger partial charge in [0.2, 0.25) is 0 Å². The van der Waals surface area contributed by atoms with Crippen molar-refractivity contribution in [2.24, 2.45) is 0 Å². The van der Waals surface area contributed by atoms with Crippen LogP contribution in [0.4, 0.5) is 0 Å². The molecule has 0 bridgehead atoms. The van der Waals surface area contributed by atoms with Gasteiger partial charge in [0, 0.05) is 17.1 Å². The van der Waals surface area contributed by atoms with Crippen LogP contribution >= 0.6 is 0 Å². The summed E-state index contributed by atoms with van der Waals surface area (Å²) in [4.78, 5) is 0. The largest absolute Gasteiger partial charge is 0.314 e. The van der Waals surface area contributed by atoms with Crippen molar-refractivity contribution in [3.63, 3.8) is 0 Å². The zero-order valence-electron chi connectivity index (χ0n) is 11.3. The van der Waals surface area contributed by atoms with Gasteiger partial charge in [-0.1, -0.05) is 36.9 Å². The van der Waals surface area contributed by atoms with E-state index in [1.165, 1.54) is 28.2 Å². The molecule has 18 heavy (non-hydrogen) atoms. The third-order valence-electron chi connectivity index (χ3n) is 3.47. The van der Waals surface area contributed by atoms with Gasteiger partial charge in [0.05, 0.1) is 0 Å². The monoisotopic (exact) mass is 237 g/mol. The average molecular weight is 237 g/mol. The number of hydrogen-bond donors (Lipinski definition) is 0. The van der Waals surface area contributed by atoms with Gasteiger partial charge < -0.3 is 4.57 Å². The Kier molecular flexibility index (Phi) is 3.52. The van der Waals surface area contributed by atoms with E-state index in [0.717, 1.165) is 0 Å². The summed E-state index contributed by atoms with van der Waals surface area (Å²) in [6, 6.07) is 10.5. The Bertz CT molecular complexity index is 586. The van der Waals surface area contributed by atoms with Crippen LogP contribution in [0.25, 0.3) is 11.8 Å². The van der Waals surface area contributed by atoms with Crippen LogP contribution in [0.5, 0.6) is 0 Å². The number of rotatable bonds is 3. The molecule has 2 aromatic rings. The second kappa shape index (κ2) is 5.09. The van der Waals surface area contributed by atoms with Gasteiger partial charge in [-0.15, -0.1) is 0 Å². The SMILES string of the molecule is C=C/C=C\c1c(C)c(C)c(C)n1-c1ccccc1. The molecule has 0 aliphatic heterocycles. The highest BCUT2D eigenvalue weighted by Gasteiger charge is 2.13. The fraction of sp³-hybridized carbons (Fsp3) is 0.176. The van der Waals surface area contributed by atoms with Gasteiger partial charge in [-0.25, -0.2) is 0 Å². The maximum Gasteiger partial charge on any atom is 0.0490 e. The lowest BCUT2D eigenvalue weighted by molar-refractivity contribution is 0.992. The first-order valence-corrected chi connectivity index (χ1v) is 6.20. The van der Waals surface area contributed by atoms with Gasteiger partial charge in [0.15, 0.2) is 0 Å². The standard InChI is InChI=1S/C17H19N/c1-5-6-12-17-14(3)13(2)15(4)18(17)16-10-8-7-9-11-16/h5-12H,1H2,2-4H3/b12-6-. The Morgan fingerprint density at radius 1 is 1.00 bits per heavy atom. The lowest BCUT2D eigenvalue weighted by atomic mass is 10.1. The predicted molar refractivity (Wildman–Crippen MR) is 79.2 cm³/mol. The number of hydrogen-bond acceptors (Lipinski definition) is 0. The molecule has 0 radical (unpaired) electrons. The molecule has 0 saturated heterocycles. The fourth-order valence-electron chi connectivity index (χ4n) is 2.25. The molecule has 0 atom stereocenters. The second-order valence-corrected chi connectivity index (χ2v) is 4.49. The summed E-state index contributed by atoms with van der Waals surface area (Å²) in [5, 5.41) is 0. The molecule has 0 N–H and O–H groups in total. The highest BCUT2D eigenvalue weighted by molar-refractivity contribution is 5.60. The van der Waals surface area contributed by atoms with Crippen molar-refractivity contribution in [2.45, 2.75) is 20.8 Å². The molecule has 0 amide bonds. The molecule has 1 aromatic heterocycles. The summed E-state index contributed by atoms with van der Waals surface area (Å²) in [5.74, 6) is 0. The van der Waals surface area contributed by atoms with Gasteiger partial charge in [0.25, 0.3) is 0 Å². The van der Waals surface area contributed by atoms with E-state index in [0.29, 0.717) is 0 Å². The lowest BCUT2D eigenvalue weighted by Gasteiger charge is -2.09. The lowest BCUT2D eigenvalue weighted by Crippen LogP contribution is -1.99. The summed E-state index contributed by atoms with van der Waals surface area (Å²) in [5.41, 5.74) is 6.41. The first-order valence-electron chi connectivity index (χ1n) is 6.20. The highest BCUT2D eigenvalue weighted by atomic mass is 15.0. The Labute approximate surface area is 109 Å². The zero-order valence-corrected chi connectivity index (χ0v) is 11.3. The molecule has 0 aliphatic rings. The van der Waals surface area contributed by atoms with Crippen LogP contribution in [0.1, 0.15) is 22.5 Å². The zero-order chi connectivity index (χ0) is 13.1. The van der Waals surface area contributed by atoms with Crippen LogP contribution in [0.15, 0.2) is 49.1 Å². The van der Waals surface area contributed by atoms with Crippen molar-refractivity contribution < 1.29 is 0 Å². The Hall–Kier alpha value is -2.02. The van der Waals surface area contributed by atoms with Crippen molar-refractivity contribution in [1.29, 1.82) is 0 Å². The number of aromatic nitrogens is 1. The first kappa shape index (κ1) is 12.4. The minimum Gasteiger partial charge on any atom is -0.314 e. The van der Waals surface area contributed by atoms with Gasteiger partial charge in [-0.3, -0.25) is 0 Å². The number of allylic oxidation sites excluding steroid dienone is 2. The number of benzene rings is 1. The minimum atomic E-state index is 1.20. The molecule has 1 heteroatoms. The maximum atomic E-state index is 3.74. The predicted octanol–water partition coefficient (Wildman–Crippen LogP) is 4.60. The van der Waals surface area contributed by atoms with Gasteiger partial charge in [0.1, 0.15) is 0 Å². The van der Waals surface area contributed by atoms with Crippen molar-refractivity contribution in [3.05, 3.63) is 71.6 Å². The number of nitrogens with zero attached hydrogens (tertiary/aromatic N) is 1. The van der Waals surface area contributed by atoms with E-state index in [9.17, 15) is 0 Å². The van der Waals surface area contributed by atoms with Crippen LogP contribution in [0, 0.1) is 20.8 Å². The molecule has 92 valence electrons. The molecule has 0 fully saturated rings. The van der Waals surface area contributed by atoms with E-state index in [2.05, 4.69) is 62.3 Å².